The number of carbonyl (C=O) groups is 1. The highest BCUT2D eigenvalue weighted by atomic mass is 16.2. The van der Waals surface area contributed by atoms with E-state index in [4.69, 9.17) is 0 Å². The molecule has 0 atom stereocenters. The molecule has 4 nitrogen and oxygen atoms in total. The van der Waals surface area contributed by atoms with Crippen molar-refractivity contribution in [1.29, 1.82) is 0 Å². The minimum Gasteiger partial charge on any atom is -0.370 e. The van der Waals surface area contributed by atoms with E-state index in [2.05, 4.69) is 24.1 Å². The minimum atomic E-state index is -0.0184. The van der Waals surface area contributed by atoms with E-state index in [0.717, 1.165) is 24.3 Å². The Morgan fingerprint density at radius 3 is 2.52 bits per heavy atom. The van der Waals surface area contributed by atoms with Gasteiger partial charge in [0.2, 0.25) is 0 Å². The van der Waals surface area contributed by atoms with Gasteiger partial charge in [-0.25, -0.2) is 4.98 Å². The number of nitrogens with zero attached hydrogens (tertiary/aromatic N) is 2. The van der Waals surface area contributed by atoms with Crippen LogP contribution in [0.3, 0.4) is 0 Å². The zero-order valence-corrected chi connectivity index (χ0v) is 14.1. The maximum absolute atomic E-state index is 12.4. The van der Waals surface area contributed by atoms with E-state index in [9.17, 15) is 4.79 Å². The van der Waals surface area contributed by atoms with Crippen LogP contribution in [0.5, 0.6) is 0 Å². The lowest BCUT2D eigenvalue weighted by Crippen LogP contribution is -2.26. The van der Waals surface area contributed by atoms with Crippen LogP contribution in [0, 0.1) is 5.92 Å². The standard InChI is InChI=1S/C19H25N3O/c1-15(2)11-12-20-18-10-9-17(13-21-18)19(23)22(3)14-16-7-5-4-6-8-16/h4-10,13,15H,11-12,14H2,1-3H3,(H,20,21). The third-order valence-electron chi connectivity index (χ3n) is 3.65. The van der Waals surface area contributed by atoms with Gasteiger partial charge in [-0.1, -0.05) is 44.2 Å². The predicted molar refractivity (Wildman–Crippen MR) is 94.4 cm³/mol. The van der Waals surface area contributed by atoms with E-state index < -0.39 is 0 Å². The first-order valence-electron chi connectivity index (χ1n) is 8.05. The molecular formula is C19H25N3O. The second kappa shape index (κ2) is 8.32. The first kappa shape index (κ1) is 17.0. The van der Waals surface area contributed by atoms with Crippen molar-refractivity contribution in [1.82, 2.24) is 9.88 Å². The quantitative estimate of drug-likeness (QED) is 0.845. The van der Waals surface area contributed by atoms with Gasteiger partial charge in [-0.3, -0.25) is 4.79 Å². The Labute approximate surface area is 138 Å². The van der Waals surface area contributed by atoms with Crippen LogP contribution in [0.15, 0.2) is 48.7 Å². The van der Waals surface area contributed by atoms with Crippen molar-refractivity contribution in [3.8, 4) is 0 Å². The van der Waals surface area contributed by atoms with Gasteiger partial charge in [0.05, 0.1) is 5.56 Å². The molecule has 0 saturated carbocycles. The number of anilines is 1. The smallest absolute Gasteiger partial charge is 0.255 e. The van der Waals surface area contributed by atoms with E-state index in [-0.39, 0.29) is 5.91 Å². The van der Waals surface area contributed by atoms with Crippen molar-refractivity contribution < 1.29 is 4.79 Å². The van der Waals surface area contributed by atoms with E-state index >= 15 is 0 Å². The van der Waals surface area contributed by atoms with Crippen LogP contribution < -0.4 is 5.32 Å². The van der Waals surface area contributed by atoms with Gasteiger partial charge in [-0.05, 0) is 30.0 Å². The number of rotatable bonds is 7. The third kappa shape index (κ3) is 5.40. The first-order chi connectivity index (χ1) is 11.1. The Morgan fingerprint density at radius 2 is 1.91 bits per heavy atom. The van der Waals surface area contributed by atoms with Crippen LogP contribution in [0.25, 0.3) is 0 Å². The Balaban J connectivity index is 1.91. The number of nitrogens with one attached hydrogen (secondary N) is 1. The number of hydrogen-bond acceptors (Lipinski definition) is 3. The third-order valence-corrected chi connectivity index (χ3v) is 3.65. The Hall–Kier alpha value is -2.36. The van der Waals surface area contributed by atoms with Crippen molar-refractivity contribution >= 4 is 11.7 Å². The zero-order valence-electron chi connectivity index (χ0n) is 14.1. The molecule has 0 radical (unpaired) electrons. The highest BCUT2D eigenvalue weighted by Gasteiger charge is 2.12. The van der Waals surface area contributed by atoms with Gasteiger partial charge in [0.25, 0.3) is 5.91 Å². The summed E-state index contributed by atoms with van der Waals surface area (Å²) >= 11 is 0. The van der Waals surface area contributed by atoms with Gasteiger partial charge >= 0.3 is 0 Å². The van der Waals surface area contributed by atoms with E-state index in [1.54, 1.807) is 11.1 Å². The molecule has 2 rings (SSSR count). The Morgan fingerprint density at radius 1 is 1.17 bits per heavy atom. The second-order valence-corrected chi connectivity index (χ2v) is 6.19. The van der Waals surface area contributed by atoms with Crippen LogP contribution in [0.4, 0.5) is 5.82 Å². The fraction of sp³-hybridized carbons (Fsp3) is 0.368. The summed E-state index contributed by atoms with van der Waals surface area (Å²) in [5.74, 6) is 1.46. The SMILES string of the molecule is CC(C)CCNc1ccc(C(=O)N(C)Cc2ccccc2)cn1. The van der Waals surface area contributed by atoms with Gasteiger partial charge in [0.1, 0.15) is 5.82 Å². The lowest BCUT2D eigenvalue weighted by atomic mass is 10.1. The molecule has 0 fully saturated rings. The zero-order chi connectivity index (χ0) is 16.7. The van der Waals surface area contributed by atoms with Crippen LogP contribution in [0.1, 0.15) is 36.2 Å². The average Bonchev–Trinajstić information content (AvgIpc) is 2.55. The number of carbonyl (C=O) groups excluding carboxylic acids is 1. The fourth-order valence-electron chi connectivity index (χ4n) is 2.26. The molecular weight excluding hydrogens is 286 g/mol. The van der Waals surface area contributed by atoms with Gasteiger partial charge in [-0.15, -0.1) is 0 Å². The highest BCUT2D eigenvalue weighted by Crippen LogP contribution is 2.10. The van der Waals surface area contributed by atoms with Gasteiger partial charge in [-0.2, -0.15) is 0 Å². The van der Waals surface area contributed by atoms with Crippen LogP contribution in [-0.4, -0.2) is 29.4 Å². The topological polar surface area (TPSA) is 45.2 Å². The maximum atomic E-state index is 12.4. The fourth-order valence-corrected chi connectivity index (χ4v) is 2.26. The largest absolute Gasteiger partial charge is 0.370 e. The minimum absolute atomic E-state index is 0.0184. The highest BCUT2D eigenvalue weighted by molar-refractivity contribution is 5.93. The van der Waals surface area contributed by atoms with Crippen molar-refractivity contribution in [3.63, 3.8) is 0 Å². The molecule has 1 aromatic heterocycles. The normalized spacial score (nSPS) is 10.6. The first-order valence-corrected chi connectivity index (χ1v) is 8.05. The number of hydrogen-bond donors (Lipinski definition) is 1. The van der Waals surface area contributed by atoms with E-state index in [0.29, 0.717) is 18.0 Å². The average molecular weight is 311 g/mol. The summed E-state index contributed by atoms with van der Waals surface area (Å²) in [4.78, 5) is 18.5. The molecule has 4 heteroatoms. The molecule has 0 bridgehead atoms. The van der Waals surface area contributed by atoms with Gasteiger partial charge in [0.15, 0.2) is 0 Å². The summed E-state index contributed by atoms with van der Waals surface area (Å²) in [6.07, 6.45) is 2.74. The van der Waals surface area contributed by atoms with Crippen LogP contribution >= 0.6 is 0 Å². The lowest BCUT2D eigenvalue weighted by Gasteiger charge is -2.17. The molecule has 1 aromatic carbocycles. The van der Waals surface area contributed by atoms with E-state index in [1.807, 2.05) is 49.5 Å². The summed E-state index contributed by atoms with van der Waals surface area (Å²) < 4.78 is 0. The molecule has 0 unspecified atom stereocenters. The molecule has 23 heavy (non-hydrogen) atoms. The Bertz CT molecular complexity index is 608. The summed E-state index contributed by atoms with van der Waals surface area (Å²) in [5, 5.41) is 3.28. The van der Waals surface area contributed by atoms with Crippen molar-refractivity contribution in [3.05, 3.63) is 59.8 Å². The maximum Gasteiger partial charge on any atom is 0.255 e. The van der Waals surface area contributed by atoms with E-state index in [1.165, 1.54) is 0 Å². The predicted octanol–water partition coefficient (Wildman–Crippen LogP) is 3.81. The summed E-state index contributed by atoms with van der Waals surface area (Å²) in [7, 11) is 1.81. The van der Waals surface area contributed by atoms with Crippen LogP contribution in [-0.2, 0) is 6.54 Å². The number of aromatic nitrogens is 1. The Kier molecular flexibility index (Phi) is 6.15. The van der Waals surface area contributed by atoms with Crippen molar-refractivity contribution in [2.24, 2.45) is 5.92 Å². The molecule has 1 heterocycles. The molecule has 0 aliphatic heterocycles. The number of pyridine rings is 1. The van der Waals surface area contributed by atoms with Gasteiger partial charge in [0, 0.05) is 26.3 Å². The molecule has 2 aromatic rings. The van der Waals surface area contributed by atoms with Crippen molar-refractivity contribution in [2.45, 2.75) is 26.8 Å². The molecule has 0 aliphatic rings. The van der Waals surface area contributed by atoms with Gasteiger partial charge < -0.3 is 10.2 Å². The summed E-state index contributed by atoms with van der Waals surface area (Å²) in [6, 6.07) is 13.7. The lowest BCUT2D eigenvalue weighted by molar-refractivity contribution is 0.0784. The number of amides is 1. The molecule has 0 saturated heterocycles. The number of benzene rings is 1. The molecule has 1 N–H and O–H groups in total. The second-order valence-electron chi connectivity index (χ2n) is 6.19. The van der Waals surface area contributed by atoms with Crippen molar-refractivity contribution in [2.75, 3.05) is 18.9 Å². The monoisotopic (exact) mass is 311 g/mol. The molecule has 1 amide bonds. The summed E-state index contributed by atoms with van der Waals surface area (Å²) in [5.41, 5.74) is 1.72. The summed E-state index contributed by atoms with van der Waals surface area (Å²) in [6.45, 7) is 5.87. The molecule has 122 valence electrons. The molecule has 0 spiro atoms. The van der Waals surface area contributed by atoms with Crippen LogP contribution in [0.2, 0.25) is 0 Å². The molecule has 0 aliphatic carbocycles.